The number of hydrogen-bond donors (Lipinski definition) is 2. The number of thioether (sulfide) groups is 1. The Bertz CT molecular complexity index is 970. The lowest BCUT2D eigenvalue weighted by molar-refractivity contribution is -0.118. The van der Waals surface area contributed by atoms with E-state index in [1.165, 1.54) is 29.2 Å². The predicted molar refractivity (Wildman–Crippen MR) is 113 cm³/mol. The zero-order valence-corrected chi connectivity index (χ0v) is 17.6. The van der Waals surface area contributed by atoms with Crippen molar-refractivity contribution in [1.82, 2.24) is 15.5 Å². The molecule has 2 aromatic carbocycles. The van der Waals surface area contributed by atoms with Crippen LogP contribution in [0.1, 0.15) is 5.56 Å². The van der Waals surface area contributed by atoms with E-state index in [2.05, 4.69) is 20.8 Å². The Kier molecular flexibility index (Phi) is 7.50. The second-order valence-electron chi connectivity index (χ2n) is 5.60. The van der Waals surface area contributed by atoms with E-state index >= 15 is 0 Å². The van der Waals surface area contributed by atoms with E-state index in [1.54, 1.807) is 30.3 Å². The molecule has 0 aliphatic heterocycles. The molecule has 0 aliphatic rings. The first-order chi connectivity index (χ1) is 13.5. The molecule has 1 heterocycles. The fraction of sp³-hybridized carbons (Fsp3) is 0.167. The van der Waals surface area contributed by atoms with E-state index in [-0.39, 0.29) is 17.5 Å². The minimum atomic E-state index is -0.368. The van der Waals surface area contributed by atoms with Crippen LogP contribution < -0.4 is 10.6 Å². The fourth-order valence-corrected chi connectivity index (χ4v) is 4.33. The van der Waals surface area contributed by atoms with Crippen LogP contribution in [0.25, 0.3) is 0 Å². The number of para-hydroxylation sites is 1. The number of anilines is 2. The van der Waals surface area contributed by atoms with E-state index in [9.17, 15) is 9.18 Å². The van der Waals surface area contributed by atoms with E-state index in [1.807, 2.05) is 6.07 Å². The lowest BCUT2D eigenvalue weighted by Crippen LogP contribution is -2.27. The molecule has 3 rings (SSSR count). The van der Waals surface area contributed by atoms with Crippen LogP contribution >= 0.6 is 46.3 Å². The monoisotopic (exact) mass is 456 g/mol. The molecular formula is C18H15Cl2FN4OS2. The lowest BCUT2D eigenvalue weighted by Gasteiger charge is -2.06. The normalized spacial score (nSPS) is 10.7. The molecule has 3 aromatic rings. The Morgan fingerprint density at radius 2 is 2.00 bits per heavy atom. The SMILES string of the molecule is O=C(CSc1nnc(Nc2ccccc2F)s1)NCCc1ccc(Cl)cc1Cl. The number of rotatable bonds is 8. The first kappa shape index (κ1) is 20.9. The maximum Gasteiger partial charge on any atom is 0.230 e. The summed E-state index contributed by atoms with van der Waals surface area (Å²) in [5.74, 6) is -0.274. The number of aromatic nitrogens is 2. The second kappa shape index (κ2) is 10.1. The van der Waals surface area contributed by atoms with Crippen LogP contribution in [0.5, 0.6) is 0 Å². The molecule has 0 atom stereocenters. The molecule has 0 spiro atoms. The van der Waals surface area contributed by atoms with E-state index in [0.29, 0.717) is 38.2 Å². The second-order valence-corrected chi connectivity index (χ2v) is 8.65. The third kappa shape index (κ3) is 6.07. The number of hydrogen-bond acceptors (Lipinski definition) is 6. The Morgan fingerprint density at radius 3 is 2.79 bits per heavy atom. The van der Waals surface area contributed by atoms with Crippen LogP contribution in [-0.2, 0) is 11.2 Å². The zero-order valence-electron chi connectivity index (χ0n) is 14.4. The van der Waals surface area contributed by atoms with Crippen LogP contribution in [0.4, 0.5) is 15.2 Å². The Balaban J connectivity index is 1.42. The topological polar surface area (TPSA) is 66.9 Å². The number of halogens is 3. The van der Waals surface area contributed by atoms with E-state index in [0.717, 1.165) is 5.56 Å². The van der Waals surface area contributed by atoms with Crippen molar-refractivity contribution in [3.63, 3.8) is 0 Å². The molecule has 10 heteroatoms. The van der Waals surface area contributed by atoms with Gasteiger partial charge in [-0.15, -0.1) is 10.2 Å². The van der Waals surface area contributed by atoms with Crippen molar-refractivity contribution in [3.05, 3.63) is 63.9 Å². The summed E-state index contributed by atoms with van der Waals surface area (Å²) in [6.07, 6.45) is 0.613. The van der Waals surface area contributed by atoms with E-state index in [4.69, 9.17) is 23.2 Å². The summed E-state index contributed by atoms with van der Waals surface area (Å²) >= 11 is 14.5. The molecule has 0 saturated heterocycles. The quantitative estimate of drug-likeness (QED) is 0.457. The Morgan fingerprint density at radius 1 is 1.18 bits per heavy atom. The molecule has 0 bridgehead atoms. The highest BCUT2D eigenvalue weighted by Gasteiger charge is 2.10. The highest BCUT2D eigenvalue weighted by atomic mass is 35.5. The van der Waals surface area contributed by atoms with Crippen molar-refractivity contribution in [2.24, 2.45) is 0 Å². The highest BCUT2D eigenvalue weighted by Crippen LogP contribution is 2.28. The number of nitrogens with one attached hydrogen (secondary N) is 2. The molecule has 0 saturated carbocycles. The lowest BCUT2D eigenvalue weighted by atomic mass is 10.1. The van der Waals surface area contributed by atoms with Crippen molar-refractivity contribution in [1.29, 1.82) is 0 Å². The van der Waals surface area contributed by atoms with Crippen LogP contribution in [0.15, 0.2) is 46.8 Å². The van der Waals surface area contributed by atoms with Gasteiger partial charge in [0.05, 0.1) is 11.4 Å². The van der Waals surface area contributed by atoms with Gasteiger partial charge in [0, 0.05) is 16.6 Å². The van der Waals surface area contributed by atoms with Crippen LogP contribution in [0.2, 0.25) is 10.0 Å². The number of nitrogens with zero attached hydrogens (tertiary/aromatic N) is 2. The van der Waals surface area contributed by atoms with Gasteiger partial charge in [-0.25, -0.2) is 4.39 Å². The third-order valence-electron chi connectivity index (χ3n) is 3.58. The Hall–Kier alpha value is -1.87. The van der Waals surface area contributed by atoms with Gasteiger partial charge in [-0.1, -0.05) is 64.5 Å². The van der Waals surface area contributed by atoms with Crippen LogP contribution in [0, 0.1) is 5.82 Å². The molecule has 0 fully saturated rings. The van der Waals surface area contributed by atoms with Gasteiger partial charge in [-0.05, 0) is 36.2 Å². The fourth-order valence-electron chi connectivity index (χ4n) is 2.24. The first-order valence-corrected chi connectivity index (χ1v) is 10.8. The van der Waals surface area contributed by atoms with Gasteiger partial charge in [0.25, 0.3) is 0 Å². The maximum atomic E-state index is 13.6. The minimum Gasteiger partial charge on any atom is -0.355 e. The molecule has 1 aromatic heterocycles. The molecule has 28 heavy (non-hydrogen) atoms. The smallest absolute Gasteiger partial charge is 0.230 e. The summed E-state index contributed by atoms with van der Waals surface area (Å²) in [6, 6.07) is 11.6. The number of benzene rings is 2. The van der Waals surface area contributed by atoms with Gasteiger partial charge in [0.1, 0.15) is 5.82 Å². The highest BCUT2D eigenvalue weighted by molar-refractivity contribution is 8.01. The van der Waals surface area contributed by atoms with Crippen molar-refractivity contribution >= 4 is 63.0 Å². The molecule has 2 N–H and O–H groups in total. The van der Waals surface area contributed by atoms with Gasteiger partial charge in [-0.3, -0.25) is 4.79 Å². The molecule has 0 aliphatic carbocycles. The molecule has 0 radical (unpaired) electrons. The molecule has 0 unspecified atom stereocenters. The standard InChI is InChI=1S/C18H15Cl2FN4OS2/c19-12-6-5-11(13(20)9-12)7-8-22-16(26)10-27-18-25-24-17(28-18)23-15-4-2-1-3-14(15)21/h1-6,9H,7-8,10H2,(H,22,26)(H,23,24). The van der Waals surface area contributed by atoms with Gasteiger partial charge in [0.15, 0.2) is 4.34 Å². The molecule has 1 amide bonds. The summed E-state index contributed by atoms with van der Waals surface area (Å²) in [5, 5.41) is 15.3. The predicted octanol–water partition coefficient (Wildman–Crippen LogP) is 5.18. The van der Waals surface area contributed by atoms with Crippen LogP contribution in [-0.4, -0.2) is 28.4 Å². The first-order valence-electron chi connectivity index (χ1n) is 8.20. The van der Waals surface area contributed by atoms with Gasteiger partial charge in [0.2, 0.25) is 11.0 Å². The van der Waals surface area contributed by atoms with Crippen LogP contribution in [0.3, 0.4) is 0 Å². The van der Waals surface area contributed by atoms with E-state index < -0.39 is 0 Å². The summed E-state index contributed by atoms with van der Waals surface area (Å²) in [7, 11) is 0. The maximum absolute atomic E-state index is 13.6. The number of amides is 1. The zero-order chi connectivity index (χ0) is 19.9. The third-order valence-corrected chi connectivity index (χ3v) is 6.14. The van der Waals surface area contributed by atoms with Gasteiger partial charge >= 0.3 is 0 Å². The summed E-state index contributed by atoms with van der Waals surface area (Å²) in [4.78, 5) is 12.0. The molecular weight excluding hydrogens is 442 g/mol. The van der Waals surface area contributed by atoms with Crippen molar-refractivity contribution < 1.29 is 9.18 Å². The minimum absolute atomic E-state index is 0.117. The average Bonchev–Trinajstić information content (AvgIpc) is 3.11. The van der Waals surface area contributed by atoms with Crippen molar-refractivity contribution in [2.75, 3.05) is 17.6 Å². The Labute approximate surface area is 179 Å². The summed E-state index contributed by atoms with van der Waals surface area (Å²) < 4.78 is 14.3. The molecule has 146 valence electrons. The number of carbonyl (C=O) groups excluding carboxylic acids is 1. The van der Waals surface area contributed by atoms with Gasteiger partial charge < -0.3 is 10.6 Å². The largest absolute Gasteiger partial charge is 0.355 e. The van der Waals surface area contributed by atoms with Gasteiger partial charge in [-0.2, -0.15) is 0 Å². The molecule has 5 nitrogen and oxygen atoms in total. The van der Waals surface area contributed by atoms with Crippen molar-refractivity contribution in [2.45, 2.75) is 10.8 Å². The van der Waals surface area contributed by atoms with Crippen molar-refractivity contribution in [3.8, 4) is 0 Å². The average molecular weight is 457 g/mol. The number of carbonyl (C=O) groups is 1. The summed E-state index contributed by atoms with van der Waals surface area (Å²) in [6.45, 7) is 0.469. The summed E-state index contributed by atoms with van der Waals surface area (Å²) in [5.41, 5.74) is 1.25.